The van der Waals surface area contributed by atoms with Crippen molar-refractivity contribution in [2.45, 2.75) is 13.8 Å². The highest BCUT2D eigenvalue weighted by atomic mass is 16.7. The van der Waals surface area contributed by atoms with E-state index in [1.54, 1.807) is 0 Å². The van der Waals surface area contributed by atoms with Gasteiger partial charge >= 0.3 is 11.9 Å². The average Bonchev–Trinajstić information content (AvgIpc) is 2.27. The van der Waals surface area contributed by atoms with Crippen LogP contribution in [0.2, 0.25) is 0 Å². The van der Waals surface area contributed by atoms with Crippen molar-refractivity contribution in [3.05, 3.63) is 0 Å². The molecule has 16 heavy (non-hydrogen) atoms. The van der Waals surface area contributed by atoms with Gasteiger partial charge in [-0.2, -0.15) is 5.06 Å². The summed E-state index contributed by atoms with van der Waals surface area (Å²) in [5.74, 6) is -2.30. The van der Waals surface area contributed by atoms with Gasteiger partial charge in [0.05, 0.1) is 26.1 Å². The summed E-state index contributed by atoms with van der Waals surface area (Å²) in [5.41, 5.74) is 0. The molecule has 0 amide bonds. The molecule has 0 saturated carbocycles. The van der Waals surface area contributed by atoms with Gasteiger partial charge in [-0.05, 0) is 6.42 Å². The van der Waals surface area contributed by atoms with Gasteiger partial charge in [-0.15, -0.1) is 0 Å². The molecule has 1 rings (SSSR count). The molecule has 0 spiro atoms. The van der Waals surface area contributed by atoms with Gasteiger partial charge in [0.1, 0.15) is 0 Å². The van der Waals surface area contributed by atoms with Crippen LogP contribution in [0.1, 0.15) is 13.8 Å². The van der Waals surface area contributed by atoms with Crippen molar-refractivity contribution in [2.24, 2.45) is 11.8 Å². The van der Waals surface area contributed by atoms with E-state index >= 15 is 0 Å². The first-order valence-corrected chi connectivity index (χ1v) is 4.68. The number of carboxylic acids is 1. The number of carbonyl (C=O) groups excluding carboxylic acids is 1. The van der Waals surface area contributed by atoms with Gasteiger partial charge in [-0.1, -0.05) is 7.43 Å². The van der Waals surface area contributed by atoms with E-state index in [1.165, 1.54) is 19.3 Å². The first-order valence-electron chi connectivity index (χ1n) is 4.68. The van der Waals surface area contributed by atoms with Crippen LogP contribution in [0.3, 0.4) is 0 Å². The molecule has 2 atom stereocenters. The van der Waals surface area contributed by atoms with Crippen LogP contribution in [-0.2, 0) is 19.2 Å². The minimum atomic E-state index is -0.911. The molecule has 1 aliphatic heterocycles. The SMILES string of the molecule is C.COC(=O)C1CC(C(=O)O)CN(OC)C1. The van der Waals surface area contributed by atoms with E-state index in [-0.39, 0.29) is 13.4 Å². The maximum Gasteiger partial charge on any atom is 0.310 e. The molecule has 0 radical (unpaired) electrons. The van der Waals surface area contributed by atoms with Gasteiger partial charge in [0, 0.05) is 13.1 Å². The van der Waals surface area contributed by atoms with E-state index in [2.05, 4.69) is 4.74 Å². The summed E-state index contributed by atoms with van der Waals surface area (Å²) in [6.45, 7) is 0.687. The summed E-state index contributed by atoms with van der Waals surface area (Å²) >= 11 is 0. The highest BCUT2D eigenvalue weighted by Gasteiger charge is 2.35. The summed E-state index contributed by atoms with van der Waals surface area (Å²) in [5, 5.41) is 10.4. The Morgan fingerprint density at radius 1 is 1.25 bits per heavy atom. The third-order valence-electron chi connectivity index (χ3n) is 2.56. The van der Waals surface area contributed by atoms with Gasteiger partial charge in [0.2, 0.25) is 0 Å². The first-order chi connectivity index (χ1) is 7.08. The number of nitrogens with zero attached hydrogens (tertiary/aromatic N) is 1. The first kappa shape index (κ1) is 14.9. The number of ether oxygens (including phenoxy) is 1. The van der Waals surface area contributed by atoms with Crippen molar-refractivity contribution in [1.82, 2.24) is 5.06 Å². The molecule has 0 aromatic carbocycles. The molecule has 94 valence electrons. The molecule has 0 aromatic rings. The Morgan fingerprint density at radius 2 is 1.81 bits per heavy atom. The van der Waals surface area contributed by atoms with Crippen molar-refractivity contribution in [3.63, 3.8) is 0 Å². The minimum absolute atomic E-state index is 0. The molecular formula is C10H19NO5. The van der Waals surface area contributed by atoms with Crippen LogP contribution in [0.5, 0.6) is 0 Å². The van der Waals surface area contributed by atoms with Gasteiger partial charge in [-0.25, -0.2) is 0 Å². The minimum Gasteiger partial charge on any atom is -0.481 e. The van der Waals surface area contributed by atoms with Crippen LogP contribution >= 0.6 is 0 Å². The zero-order valence-corrected chi connectivity index (χ0v) is 8.80. The molecule has 0 bridgehead atoms. The Hall–Kier alpha value is -1.14. The Balaban J connectivity index is 0.00000225. The lowest BCUT2D eigenvalue weighted by molar-refractivity contribution is -0.185. The summed E-state index contributed by atoms with van der Waals surface area (Å²) in [6, 6.07) is 0. The molecule has 1 heterocycles. The third kappa shape index (κ3) is 3.46. The number of rotatable bonds is 3. The standard InChI is InChI=1S/C9H15NO5.CH4/c1-14-9(13)7-3-6(8(11)12)4-10(5-7)15-2;/h6-7H,3-5H2,1-2H3,(H,11,12);1H4. The molecule has 1 fully saturated rings. The Morgan fingerprint density at radius 3 is 2.25 bits per heavy atom. The van der Waals surface area contributed by atoms with Gasteiger partial charge in [0.15, 0.2) is 0 Å². The van der Waals surface area contributed by atoms with Crippen LogP contribution in [0.25, 0.3) is 0 Å². The molecular weight excluding hydrogens is 214 g/mol. The topological polar surface area (TPSA) is 76.1 Å². The second kappa shape index (κ2) is 6.44. The second-order valence-corrected chi connectivity index (χ2v) is 3.52. The fourth-order valence-corrected chi connectivity index (χ4v) is 1.72. The van der Waals surface area contributed by atoms with Crippen LogP contribution in [0.15, 0.2) is 0 Å². The Labute approximate surface area is 95.1 Å². The van der Waals surface area contributed by atoms with Crippen LogP contribution in [0.4, 0.5) is 0 Å². The van der Waals surface area contributed by atoms with Crippen LogP contribution in [-0.4, -0.2) is 49.4 Å². The zero-order valence-electron chi connectivity index (χ0n) is 8.80. The van der Waals surface area contributed by atoms with Crippen LogP contribution < -0.4 is 0 Å². The molecule has 6 nitrogen and oxygen atoms in total. The lowest BCUT2D eigenvalue weighted by Crippen LogP contribution is -2.45. The van der Waals surface area contributed by atoms with Crippen molar-refractivity contribution in [1.29, 1.82) is 0 Å². The number of hydrogen-bond donors (Lipinski definition) is 1. The van der Waals surface area contributed by atoms with E-state index in [1.807, 2.05) is 0 Å². The quantitative estimate of drug-likeness (QED) is 0.710. The zero-order chi connectivity index (χ0) is 11.4. The predicted octanol–water partition coefficient (Wildman–Crippen LogP) is 0.380. The van der Waals surface area contributed by atoms with Crippen molar-refractivity contribution < 1.29 is 24.3 Å². The molecule has 1 aliphatic rings. The second-order valence-electron chi connectivity index (χ2n) is 3.52. The number of aliphatic carboxylic acids is 1. The fraction of sp³-hybridized carbons (Fsp3) is 0.800. The van der Waals surface area contributed by atoms with E-state index in [0.29, 0.717) is 19.5 Å². The molecule has 0 aliphatic carbocycles. The number of carboxylic acid groups (broad SMARTS) is 1. The maximum atomic E-state index is 11.3. The van der Waals surface area contributed by atoms with E-state index in [0.717, 1.165) is 0 Å². The van der Waals surface area contributed by atoms with Crippen molar-refractivity contribution >= 4 is 11.9 Å². The number of methoxy groups -OCH3 is 1. The van der Waals surface area contributed by atoms with E-state index in [9.17, 15) is 9.59 Å². The summed E-state index contributed by atoms with van der Waals surface area (Å²) in [6.07, 6.45) is 0.307. The Bertz CT molecular complexity index is 256. The number of esters is 1. The van der Waals surface area contributed by atoms with Crippen LogP contribution in [0, 0.1) is 11.8 Å². The number of hydrogen-bond acceptors (Lipinski definition) is 5. The molecule has 0 aromatic heterocycles. The summed E-state index contributed by atoms with van der Waals surface area (Å²) in [4.78, 5) is 27.1. The molecule has 6 heteroatoms. The van der Waals surface area contributed by atoms with E-state index in [4.69, 9.17) is 9.94 Å². The van der Waals surface area contributed by atoms with Gasteiger partial charge < -0.3 is 14.7 Å². The molecule has 1 saturated heterocycles. The highest BCUT2D eigenvalue weighted by Crippen LogP contribution is 2.23. The Kier molecular flexibility index (Phi) is 5.98. The third-order valence-corrected chi connectivity index (χ3v) is 2.56. The average molecular weight is 233 g/mol. The lowest BCUT2D eigenvalue weighted by Gasteiger charge is -2.32. The predicted molar refractivity (Wildman–Crippen MR) is 56.6 cm³/mol. The van der Waals surface area contributed by atoms with Gasteiger partial charge in [0.25, 0.3) is 0 Å². The molecule has 2 unspecified atom stereocenters. The lowest BCUT2D eigenvalue weighted by atomic mass is 9.90. The number of hydroxylamine groups is 2. The van der Waals surface area contributed by atoms with Crippen molar-refractivity contribution in [3.8, 4) is 0 Å². The maximum absolute atomic E-state index is 11.3. The molecule has 1 N–H and O–H groups in total. The van der Waals surface area contributed by atoms with Crippen molar-refractivity contribution in [2.75, 3.05) is 27.3 Å². The van der Waals surface area contributed by atoms with E-state index < -0.39 is 17.8 Å². The van der Waals surface area contributed by atoms with Gasteiger partial charge in [-0.3, -0.25) is 9.59 Å². The number of piperidine rings is 1. The number of carbonyl (C=O) groups is 2. The normalized spacial score (nSPS) is 25.6. The monoisotopic (exact) mass is 233 g/mol. The largest absolute Gasteiger partial charge is 0.481 e. The fourth-order valence-electron chi connectivity index (χ4n) is 1.72. The smallest absolute Gasteiger partial charge is 0.310 e. The highest BCUT2D eigenvalue weighted by molar-refractivity contribution is 5.75. The summed E-state index contributed by atoms with van der Waals surface area (Å²) < 4.78 is 4.60. The summed E-state index contributed by atoms with van der Waals surface area (Å²) in [7, 11) is 2.75.